The van der Waals surface area contributed by atoms with Crippen LogP contribution in [-0.2, 0) is 32.7 Å². The van der Waals surface area contributed by atoms with Gasteiger partial charge in [-0.2, -0.15) is 0 Å². The van der Waals surface area contributed by atoms with Gasteiger partial charge in [0.2, 0.25) is 0 Å². The SMILES string of the molecule is CCCC/C=C/C/C=C/CCCCCCCC(=O)OC[C@H](COP(=O)(O)OC[C@@H](O)CO)OC(=O)CC/C=C/CCCCCCCCCCCCC. The number of carbonyl (C=O) groups is 2. The topological polar surface area (TPSA) is 149 Å². The fraction of sp³-hybridized carbons (Fsp3) is 0.805. The molecule has 0 fully saturated rings. The van der Waals surface area contributed by atoms with E-state index in [1.807, 2.05) is 6.08 Å². The average Bonchev–Trinajstić information content (AvgIpc) is 3.13. The van der Waals surface area contributed by atoms with Gasteiger partial charge in [-0.15, -0.1) is 0 Å². The normalized spacial score (nSPS) is 14.3. The van der Waals surface area contributed by atoms with E-state index < -0.39 is 51.8 Å². The molecule has 0 saturated heterocycles. The van der Waals surface area contributed by atoms with Crippen molar-refractivity contribution in [1.29, 1.82) is 0 Å². The third kappa shape index (κ3) is 36.5. The Morgan fingerprint density at radius 3 is 1.63 bits per heavy atom. The Bertz CT molecular complexity index is 967. The van der Waals surface area contributed by atoms with E-state index in [0.717, 1.165) is 57.8 Å². The van der Waals surface area contributed by atoms with Crippen molar-refractivity contribution in [3.05, 3.63) is 36.5 Å². The maximum absolute atomic E-state index is 12.5. The summed E-state index contributed by atoms with van der Waals surface area (Å²) in [5.74, 6) is -0.998. The minimum atomic E-state index is -4.62. The molecule has 0 aromatic rings. The summed E-state index contributed by atoms with van der Waals surface area (Å²) in [5.41, 5.74) is 0. The summed E-state index contributed by atoms with van der Waals surface area (Å²) in [5, 5.41) is 18.3. The number of allylic oxidation sites excluding steroid dienone is 6. The quantitative estimate of drug-likeness (QED) is 0.0240. The Labute approximate surface area is 316 Å². The Morgan fingerprint density at radius 1 is 0.577 bits per heavy atom. The lowest BCUT2D eigenvalue weighted by atomic mass is 10.1. The van der Waals surface area contributed by atoms with Crippen LogP contribution < -0.4 is 0 Å². The Hall–Kier alpha value is -1.81. The third-order valence-corrected chi connectivity index (χ3v) is 9.48. The van der Waals surface area contributed by atoms with Crippen molar-refractivity contribution < 1.29 is 47.8 Å². The summed E-state index contributed by atoms with van der Waals surface area (Å²) >= 11 is 0. The van der Waals surface area contributed by atoms with E-state index in [4.69, 9.17) is 19.1 Å². The van der Waals surface area contributed by atoms with Gasteiger partial charge in [0, 0.05) is 12.8 Å². The maximum Gasteiger partial charge on any atom is 0.472 e. The number of aliphatic hydroxyl groups excluding tert-OH is 2. The minimum absolute atomic E-state index is 0.0983. The number of phosphoric acid groups is 1. The standard InChI is InChI=1S/C41H75O10P/c1-3-5-7-9-11-13-15-17-19-21-23-25-27-29-31-33-41(45)51-39(37-50-52(46,47)49-35-38(43)34-42)36-48-40(44)32-30-28-26-24-22-20-18-16-14-12-10-8-6-4-2/h10,12,16,18,27,29,38-39,42-43H,3-9,11,13-15,17,19-26,28,30-37H2,1-2H3,(H,46,47)/b12-10+,18-16+,29-27+/t38-,39+/m0/s1. The van der Waals surface area contributed by atoms with Crippen LogP contribution in [0.2, 0.25) is 0 Å². The number of carbonyl (C=O) groups excluding carboxylic acids is 2. The molecule has 10 nitrogen and oxygen atoms in total. The highest BCUT2D eigenvalue weighted by molar-refractivity contribution is 7.47. The second-order valence-corrected chi connectivity index (χ2v) is 15.1. The molecule has 0 spiro atoms. The molecule has 0 bridgehead atoms. The largest absolute Gasteiger partial charge is 0.472 e. The first kappa shape index (κ1) is 50.2. The number of unbranched alkanes of at least 4 members (excludes halogenated alkanes) is 18. The third-order valence-electron chi connectivity index (χ3n) is 8.53. The molecule has 304 valence electrons. The van der Waals surface area contributed by atoms with Gasteiger partial charge in [-0.25, -0.2) is 4.57 Å². The van der Waals surface area contributed by atoms with Crippen LogP contribution in [0, 0.1) is 0 Å². The van der Waals surface area contributed by atoms with Gasteiger partial charge >= 0.3 is 19.8 Å². The van der Waals surface area contributed by atoms with Crippen molar-refractivity contribution in [2.75, 3.05) is 26.4 Å². The van der Waals surface area contributed by atoms with Crippen LogP contribution in [0.5, 0.6) is 0 Å². The Morgan fingerprint density at radius 2 is 1.06 bits per heavy atom. The van der Waals surface area contributed by atoms with Crippen molar-refractivity contribution >= 4 is 19.8 Å². The molecule has 0 aliphatic carbocycles. The van der Waals surface area contributed by atoms with E-state index in [-0.39, 0.29) is 19.4 Å². The van der Waals surface area contributed by atoms with E-state index in [1.165, 1.54) is 77.0 Å². The molecule has 0 saturated carbocycles. The maximum atomic E-state index is 12.5. The van der Waals surface area contributed by atoms with Gasteiger partial charge in [-0.05, 0) is 51.4 Å². The molecule has 3 atom stereocenters. The van der Waals surface area contributed by atoms with E-state index in [9.17, 15) is 24.2 Å². The van der Waals surface area contributed by atoms with E-state index in [0.29, 0.717) is 12.8 Å². The summed E-state index contributed by atoms with van der Waals surface area (Å²) in [6, 6.07) is 0. The first-order valence-electron chi connectivity index (χ1n) is 20.4. The van der Waals surface area contributed by atoms with Crippen molar-refractivity contribution in [2.24, 2.45) is 0 Å². The number of esters is 2. The predicted octanol–water partition coefficient (Wildman–Crippen LogP) is 10.4. The summed E-state index contributed by atoms with van der Waals surface area (Å²) in [4.78, 5) is 34.9. The molecular formula is C41H75O10P. The predicted molar refractivity (Wildman–Crippen MR) is 210 cm³/mol. The molecule has 11 heteroatoms. The molecule has 3 N–H and O–H groups in total. The van der Waals surface area contributed by atoms with Gasteiger partial charge in [0.15, 0.2) is 6.10 Å². The fourth-order valence-corrected chi connectivity index (χ4v) is 6.11. The summed E-state index contributed by atoms with van der Waals surface area (Å²) in [7, 11) is -4.62. The highest BCUT2D eigenvalue weighted by Gasteiger charge is 2.27. The molecule has 0 rings (SSSR count). The lowest BCUT2D eigenvalue weighted by Gasteiger charge is -2.20. The van der Waals surface area contributed by atoms with E-state index in [1.54, 1.807) is 0 Å². The smallest absolute Gasteiger partial charge is 0.462 e. The zero-order valence-electron chi connectivity index (χ0n) is 32.8. The van der Waals surface area contributed by atoms with Gasteiger partial charge in [0.1, 0.15) is 12.7 Å². The number of ether oxygens (including phenoxy) is 2. The van der Waals surface area contributed by atoms with Crippen LogP contribution in [0.3, 0.4) is 0 Å². The first-order valence-corrected chi connectivity index (χ1v) is 21.9. The van der Waals surface area contributed by atoms with Crippen molar-refractivity contribution in [1.82, 2.24) is 0 Å². The summed E-state index contributed by atoms with van der Waals surface area (Å²) in [6.07, 6.45) is 36.9. The molecule has 0 aromatic heterocycles. The van der Waals surface area contributed by atoms with Gasteiger partial charge in [-0.3, -0.25) is 18.6 Å². The van der Waals surface area contributed by atoms with Crippen LogP contribution in [0.25, 0.3) is 0 Å². The average molecular weight is 759 g/mol. The second kappa shape index (κ2) is 37.5. The van der Waals surface area contributed by atoms with Crippen molar-refractivity contribution in [2.45, 2.75) is 187 Å². The molecular weight excluding hydrogens is 683 g/mol. The highest BCUT2D eigenvalue weighted by atomic mass is 31.2. The zero-order valence-corrected chi connectivity index (χ0v) is 33.7. The second-order valence-electron chi connectivity index (χ2n) is 13.7. The monoisotopic (exact) mass is 759 g/mol. The zero-order chi connectivity index (χ0) is 38.4. The van der Waals surface area contributed by atoms with Crippen LogP contribution >= 0.6 is 7.82 Å². The lowest BCUT2D eigenvalue weighted by molar-refractivity contribution is -0.161. The number of phosphoric ester groups is 1. The minimum Gasteiger partial charge on any atom is -0.462 e. The summed E-state index contributed by atoms with van der Waals surface area (Å²) in [6.45, 7) is 2.28. The number of hydrogen-bond acceptors (Lipinski definition) is 9. The number of rotatable bonds is 38. The molecule has 0 aliphatic heterocycles. The van der Waals surface area contributed by atoms with Gasteiger partial charge < -0.3 is 24.6 Å². The van der Waals surface area contributed by atoms with Gasteiger partial charge in [-0.1, -0.05) is 147 Å². The molecule has 0 heterocycles. The van der Waals surface area contributed by atoms with E-state index >= 15 is 0 Å². The van der Waals surface area contributed by atoms with Crippen LogP contribution in [0.15, 0.2) is 36.5 Å². The molecule has 0 radical (unpaired) electrons. The first-order chi connectivity index (χ1) is 25.2. The Kier molecular flexibility index (Phi) is 36.2. The highest BCUT2D eigenvalue weighted by Crippen LogP contribution is 2.43. The van der Waals surface area contributed by atoms with E-state index in [2.05, 4.69) is 48.8 Å². The van der Waals surface area contributed by atoms with Crippen LogP contribution in [0.4, 0.5) is 0 Å². The molecule has 0 aromatic carbocycles. The molecule has 0 amide bonds. The van der Waals surface area contributed by atoms with Crippen LogP contribution in [-0.4, -0.2) is 65.7 Å². The van der Waals surface area contributed by atoms with Crippen molar-refractivity contribution in [3.63, 3.8) is 0 Å². The van der Waals surface area contributed by atoms with Crippen LogP contribution in [0.1, 0.15) is 174 Å². The molecule has 52 heavy (non-hydrogen) atoms. The lowest BCUT2D eigenvalue weighted by Crippen LogP contribution is -2.29. The van der Waals surface area contributed by atoms with Gasteiger partial charge in [0.25, 0.3) is 0 Å². The van der Waals surface area contributed by atoms with Crippen molar-refractivity contribution in [3.8, 4) is 0 Å². The molecule has 1 unspecified atom stereocenters. The number of aliphatic hydroxyl groups is 2. The fourth-order valence-electron chi connectivity index (χ4n) is 5.32. The Balaban J connectivity index is 4.39. The summed E-state index contributed by atoms with van der Waals surface area (Å²) < 4.78 is 32.6. The van der Waals surface area contributed by atoms with Gasteiger partial charge in [0.05, 0.1) is 19.8 Å². The number of hydrogen-bond donors (Lipinski definition) is 3. The molecule has 0 aliphatic rings.